The summed E-state index contributed by atoms with van der Waals surface area (Å²) in [6.45, 7) is 10.3. The molecule has 1 aromatic heterocycles. The van der Waals surface area contributed by atoms with Crippen LogP contribution in [0.2, 0.25) is 0 Å². The Morgan fingerprint density at radius 2 is 1.58 bits per heavy atom. The highest BCUT2D eigenvalue weighted by molar-refractivity contribution is 7.54. The van der Waals surface area contributed by atoms with Gasteiger partial charge < -0.3 is 9.05 Å². The molecule has 132 valence electrons. The third-order valence-electron chi connectivity index (χ3n) is 2.97. The molecule has 2 aromatic rings. The number of halogens is 1. The van der Waals surface area contributed by atoms with E-state index in [0.29, 0.717) is 0 Å². The van der Waals surface area contributed by atoms with E-state index in [4.69, 9.17) is 9.05 Å². The van der Waals surface area contributed by atoms with Gasteiger partial charge in [-0.1, -0.05) is 18.2 Å². The van der Waals surface area contributed by atoms with E-state index in [2.05, 4.69) is 4.98 Å². The summed E-state index contributed by atoms with van der Waals surface area (Å²) < 4.78 is 39.6. The average Bonchev–Trinajstić information content (AvgIpc) is 2.42. The molecule has 0 aliphatic rings. The van der Waals surface area contributed by atoms with Crippen molar-refractivity contribution in [1.82, 2.24) is 4.98 Å². The van der Waals surface area contributed by atoms with Crippen LogP contribution in [-0.4, -0.2) is 16.2 Å². The summed E-state index contributed by atoms with van der Waals surface area (Å²) >= 11 is 0. The molecule has 0 saturated carbocycles. The zero-order valence-corrected chi connectivity index (χ0v) is 15.9. The van der Waals surface area contributed by atoms with Gasteiger partial charge in [0, 0.05) is 17.1 Å². The number of pyridine rings is 1. The summed E-state index contributed by atoms with van der Waals surface area (Å²) in [7, 11) is -4.06. The van der Waals surface area contributed by atoms with Crippen LogP contribution in [0, 0.1) is 0 Å². The highest BCUT2D eigenvalue weighted by Crippen LogP contribution is 2.65. The van der Waals surface area contributed by atoms with Crippen molar-refractivity contribution < 1.29 is 18.0 Å². The number of rotatable bonds is 4. The second kappa shape index (κ2) is 6.55. The summed E-state index contributed by atoms with van der Waals surface area (Å²) in [6, 6.07) is 9.01. The van der Waals surface area contributed by atoms with Crippen molar-refractivity contribution in [2.24, 2.45) is 0 Å². The first-order chi connectivity index (χ1) is 10.9. The predicted molar refractivity (Wildman–Crippen MR) is 94.9 cm³/mol. The molecule has 0 bridgehead atoms. The van der Waals surface area contributed by atoms with Crippen molar-refractivity contribution in [1.29, 1.82) is 0 Å². The SMILES string of the molecule is CC(C)(C)OP(=O)(OC(C)(C)C)C(F)c1cnc2ccccc2c1. The van der Waals surface area contributed by atoms with E-state index in [1.165, 1.54) is 6.20 Å². The largest absolute Gasteiger partial charge is 0.370 e. The molecule has 0 fully saturated rings. The zero-order chi connectivity index (χ0) is 18.2. The molecule has 4 nitrogen and oxygen atoms in total. The van der Waals surface area contributed by atoms with Crippen molar-refractivity contribution in [3.8, 4) is 0 Å². The molecule has 0 spiro atoms. The van der Waals surface area contributed by atoms with E-state index in [1.807, 2.05) is 24.3 Å². The molecule has 24 heavy (non-hydrogen) atoms. The van der Waals surface area contributed by atoms with Crippen molar-refractivity contribution in [2.75, 3.05) is 0 Å². The van der Waals surface area contributed by atoms with Gasteiger partial charge in [-0.2, -0.15) is 0 Å². The molecule has 0 radical (unpaired) electrons. The Kier molecular flexibility index (Phi) is 5.19. The van der Waals surface area contributed by atoms with Crippen molar-refractivity contribution in [3.63, 3.8) is 0 Å². The van der Waals surface area contributed by atoms with E-state index in [9.17, 15) is 4.57 Å². The van der Waals surface area contributed by atoms with Crippen LogP contribution in [0.4, 0.5) is 4.39 Å². The molecule has 0 aliphatic carbocycles. The lowest BCUT2D eigenvalue weighted by Crippen LogP contribution is -2.25. The first-order valence-electron chi connectivity index (χ1n) is 7.90. The number of para-hydroxylation sites is 1. The lowest BCUT2D eigenvalue weighted by atomic mass is 10.2. The maximum Gasteiger partial charge on any atom is 0.370 e. The van der Waals surface area contributed by atoms with Gasteiger partial charge in [0.2, 0.25) is 5.91 Å². The van der Waals surface area contributed by atoms with E-state index in [0.717, 1.165) is 10.9 Å². The van der Waals surface area contributed by atoms with E-state index in [1.54, 1.807) is 47.6 Å². The first kappa shape index (κ1) is 19.0. The maximum atomic E-state index is 15.2. The summed E-state index contributed by atoms with van der Waals surface area (Å²) in [5.74, 6) is -1.91. The highest BCUT2D eigenvalue weighted by atomic mass is 31.2. The number of nitrogens with zero attached hydrogens (tertiary/aromatic N) is 1. The third kappa shape index (κ3) is 4.85. The molecule has 0 amide bonds. The molecule has 0 aliphatic heterocycles. The molecule has 6 heteroatoms. The quantitative estimate of drug-likeness (QED) is 0.630. The van der Waals surface area contributed by atoms with Crippen LogP contribution < -0.4 is 0 Å². The zero-order valence-electron chi connectivity index (χ0n) is 15.0. The van der Waals surface area contributed by atoms with Gasteiger partial charge >= 0.3 is 7.60 Å². The Morgan fingerprint density at radius 3 is 2.12 bits per heavy atom. The van der Waals surface area contributed by atoms with Crippen LogP contribution in [0.25, 0.3) is 10.9 Å². The topological polar surface area (TPSA) is 48.4 Å². The molecule has 1 heterocycles. The third-order valence-corrected chi connectivity index (χ3v) is 5.42. The number of alkyl halides is 1. The molecule has 2 rings (SSSR count). The Morgan fingerprint density at radius 1 is 1.04 bits per heavy atom. The van der Waals surface area contributed by atoms with Crippen LogP contribution in [0.15, 0.2) is 36.5 Å². The lowest BCUT2D eigenvalue weighted by molar-refractivity contribution is 0.0372. The minimum Gasteiger partial charge on any atom is -0.300 e. The van der Waals surface area contributed by atoms with Gasteiger partial charge in [0.25, 0.3) is 0 Å². The van der Waals surface area contributed by atoms with Crippen LogP contribution in [0.1, 0.15) is 53.0 Å². The lowest BCUT2D eigenvalue weighted by Gasteiger charge is -2.33. The fourth-order valence-corrected chi connectivity index (χ4v) is 4.53. The molecule has 1 atom stereocenters. The molecule has 0 N–H and O–H groups in total. The number of fused-ring (bicyclic) bond motifs is 1. The number of hydrogen-bond acceptors (Lipinski definition) is 4. The number of aromatic nitrogens is 1. The Hall–Kier alpha value is -1.29. The van der Waals surface area contributed by atoms with Crippen LogP contribution in [-0.2, 0) is 13.6 Å². The molecular formula is C18H25FNO3P. The van der Waals surface area contributed by atoms with Crippen molar-refractivity contribution in [2.45, 2.75) is 58.7 Å². The van der Waals surface area contributed by atoms with Gasteiger partial charge in [-0.3, -0.25) is 9.55 Å². The van der Waals surface area contributed by atoms with Gasteiger partial charge in [-0.05, 0) is 53.7 Å². The van der Waals surface area contributed by atoms with Crippen molar-refractivity contribution in [3.05, 3.63) is 42.1 Å². The fourth-order valence-electron chi connectivity index (χ4n) is 2.28. The predicted octanol–water partition coefficient (Wildman–Crippen LogP) is 6.03. The normalized spacial score (nSPS) is 14.8. The average molecular weight is 353 g/mol. The van der Waals surface area contributed by atoms with Crippen LogP contribution >= 0.6 is 7.60 Å². The summed E-state index contributed by atoms with van der Waals surface area (Å²) in [5, 5.41) is 0.774. The van der Waals surface area contributed by atoms with Crippen molar-refractivity contribution >= 4 is 18.5 Å². The molecule has 0 saturated heterocycles. The van der Waals surface area contributed by atoms with Gasteiger partial charge in [0.1, 0.15) is 0 Å². The summed E-state index contributed by atoms with van der Waals surface area (Å²) in [5.41, 5.74) is -0.688. The first-order valence-corrected chi connectivity index (χ1v) is 9.51. The summed E-state index contributed by atoms with van der Waals surface area (Å²) in [6.07, 6.45) is 1.39. The fraction of sp³-hybridized carbons (Fsp3) is 0.500. The van der Waals surface area contributed by atoms with E-state index >= 15 is 4.39 Å². The van der Waals surface area contributed by atoms with E-state index < -0.39 is 24.7 Å². The monoisotopic (exact) mass is 353 g/mol. The van der Waals surface area contributed by atoms with E-state index in [-0.39, 0.29) is 5.56 Å². The number of hydrogen-bond donors (Lipinski definition) is 0. The molecule has 1 aromatic carbocycles. The molecule has 1 unspecified atom stereocenters. The van der Waals surface area contributed by atoms with Crippen LogP contribution in [0.3, 0.4) is 0 Å². The molecular weight excluding hydrogens is 328 g/mol. The van der Waals surface area contributed by atoms with Gasteiger partial charge in [-0.25, -0.2) is 4.39 Å². The second-order valence-corrected chi connectivity index (χ2v) is 9.64. The Bertz CT molecular complexity index is 745. The van der Waals surface area contributed by atoms with Gasteiger partial charge in [0.15, 0.2) is 0 Å². The minimum absolute atomic E-state index is 0.186. The highest BCUT2D eigenvalue weighted by Gasteiger charge is 2.44. The number of benzene rings is 1. The summed E-state index contributed by atoms with van der Waals surface area (Å²) in [4.78, 5) is 4.24. The smallest absolute Gasteiger partial charge is 0.300 e. The standard InChI is InChI=1S/C18H25FNO3P/c1-17(2,3)22-24(21,23-18(4,5)6)16(19)14-11-13-9-7-8-10-15(13)20-12-14/h7-12,16H,1-6H3. The van der Waals surface area contributed by atoms with Crippen LogP contribution in [0.5, 0.6) is 0 Å². The Balaban J connectivity index is 2.45. The maximum absolute atomic E-state index is 15.2. The minimum atomic E-state index is -4.06. The van der Waals surface area contributed by atoms with Gasteiger partial charge in [0.05, 0.1) is 16.7 Å². The van der Waals surface area contributed by atoms with Gasteiger partial charge in [-0.15, -0.1) is 0 Å². The Labute approximate surface area is 142 Å². The second-order valence-electron chi connectivity index (χ2n) is 7.74.